The van der Waals surface area contributed by atoms with E-state index in [2.05, 4.69) is 82.1 Å². The Hall–Kier alpha value is -5.14. The largest absolute Gasteiger partial charge is 0.497 e. The number of carbonyl (C=O) groups excluding carboxylic acids is 2. The number of methoxy groups -OCH3 is 3. The van der Waals surface area contributed by atoms with Crippen LogP contribution in [-0.4, -0.2) is 123 Å². The molecule has 0 radical (unpaired) electrons. The molecule has 4 aromatic rings. The number of likely N-dealkylation sites (N-methyl/N-ethyl adjacent to an activating group) is 1. The van der Waals surface area contributed by atoms with Gasteiger partial charge in [0, 0.05) is 90.9 Å². The molecule has 2 fully saturated rings. The van der Waals surface area contributed by atoms with Crippen molar-refractivity contribution in [2.45, 2.75) is 94.1 Å². The second kappa shape index (κ2) is 16.3. The van der Waals surface area contributed by atoms with Crippen LogP contribution in [0.5, 0.6) is 11.5 Å². The third-order valence-corrected chi connectivity index (χ3v) is 16.4. The van der Waals surface area contributed by atoms with Crippen LogP contribution in [0.2, 0.25) is 0 Å². The van der Waals surface area contributed by atoms with E-state index in [1.807, 2.05) is 37.4 Å². The summed E-state index contributed by atoms with van der Waals surface area (Å²) in [5.41, 5.74) is 3.48. The minimum atomic E-state index is -1.70. The first-order valence-electron chi connectivity index (χ1n) is 23.5. The highest BCUT2D eigenvalue weighted by molar-refractivity contribution is 5.94. The average molecular weight is 885 g/mol. The standard InChI is InChI=1S/C53H64N4O8/c1-8-34-25-36-28-52(49(59)63-7,45-39(19-23-56(29-34)30-36)38-13-10-11-14-42(38)54-45)41-26-40-43(27-44(41)62-6)55(4)47-51(40)21-24-57-22-12-20-50(9-2,46(51)57)48(65-33(3)58)53(47,60)32-64-31-35-15-17-37(61-5)18-16-35/h10-18,20,25-27,36,46-48,54,60H,8-9,19,21-24,28-32H2,1-7H3/t36-,46?,47+,48+,50+,51+,52-,53-/m0/s1. The highest BCUT2D eigenvalue weighted by Gasteiger charge is 2.78. The molecule has 0 amide bonds. The predicted molar refractivity (Wildman–Crippen MR) is 250 cm³/mol. The predicted octanol–water partition coefficient (Wildman–Crippen LogP) is 6.85. The molecule has 344 valence electrons. The van der Waals surface area contributed by atoms with E-state index in [-0.39, 0.29) is 31.1 Å². The van der Waals surface area contributed by atoms with Crippen LogP contribution in [0.4, 0.5) is 5.69 Å². The molecule has 1 saturated carbocycles. The zero-order valence-corrected chi connectivity index (χ0v) is 38.9. The average Bonchev–Trinajstić information content (AvgIpc) is 3.98. The number of hydrogen-bond acceptors (Lipinski definition) is 11. The number of anilines is 1. The van der Waals surface area contributed by atoms with Crippen LogP contribution >= 0.6 is 0 Å². The fraction of sp³-hybridized carbons (Fsp3) is 0.509. The number of aliphatic hydroxyl groups is 1. The Balaban J connectivity index is 1.21. The van der Waals surface area contributed by atoms with E-state index >= 15 is 4.79 Å². The van der Waals surface area contributed by atoms with Gasteiger partial charge in [-0.05, 0) is 85.5 Å². The lowest BCUT2D eigenvalue weighted by atomic mass is 9.47. The lowest BCUT2D eigenvalue weighted by Gasteiger charge is -2.64. The van der Waals surface area contributed by atoms with Gasteiger partial charge in [0.25, 0.3) is 0 Å². The number of nitrogens with zero attached hydrogens (tertiary/aromatic N) is 3. The topological polar surface area (TPSA) is 126 Å². The molecule has 9 atom stereocenters. The minimum Gasteiger partial charge on any atom is -0.497 e. The van der Waals surface area contributed by atoms with Crippen LogP contribution in [0.15, 0.2) is 84.5 Å². The van der Waals surface area contributed by atoms with Crippen LogP contribution in [0, 0.1) is 11.3 Å². The number of H-pyrrole nitrogens is 1. The molecule has 2 unspecified atom stereocenters. The highest BCUT2D eigenvalue weighted by Crippen LogP contribution is 2.68. The van der Waals surface area contributed by atoms with E-state index in [1.165, 1.54) is 19.6 Å². The monoisotopic (exact) mass is 884 g/mol. The quantitative estimate of drug-likeness (QED) is 0.121. The molecule has 3 aromatic carbocycles. The Kier molecular flexibility index (Phi) is 11.0. The maximum atomic E-state index is 15.5. The van der Waals surface area contributed by atoms with Crippen LogP contribution in [0.25, 0.3) is 10.9 Å². The van der Waals surface area contributed by atoms with Crippen molar-refractivity contribution in [3.05, 3.63) is 112 Å². The molecule has 2 N–H and O–H groups in total. The summed E-state index contributed by atoms with van der Waals surface area (Å²) in [6, 6.07) is 19.7. The second-order valence-electron chi connectivity index (χ2n) is 19.5. The lowest BCUT2D eigenvalue weighted by Crippen LogP contribution is -2.80. The second-order valence-corrected chi connectivity index (χ2v) is 19.5. The maximum absolute atomic E-state index is 15.5. The summed E-state index contributed by atoms with van der Waals surface area (Å²) >= 11 is 0. The normalized spacial score (nSPS) is 32.3. The van der Waals surface area contributed by atoms with Crippen molar-refractivity contribution >= 4 is 28.5 Å². The summed E-state index contributed by atoms with van der Waals surface area (Å²) in [7, 11) is 6.86. The van der Waals surface area contributed by atoms with Gasteiger partial charge < -0.3 is 38.7 Å². The third-order valence-electron chi connectivity index (χ3n) is 16.4. The van der Waals surface area contributed by atoms with Crippen LogP contribution in [-0.2, 0) is 47.7 Å². The lowest BCUT2D eigenvalue weighted by molar-refractivity contribution is -0.234. The molecule has 5 aliphatic heterocycles. The number of fused-ring (bicyclic) bond motifs is 6. The van der Waals surface area contributed by atoms with Gasteiger partial charge >= 0.3 is 11.9 Å². The molecular formula is C53H64N4O8. The van der Waals surface area contributed by atoms with Gasteiger partial charge in [-0.2, -0.15) is 0 Å². The smallest absolute Gasteiger partial charge is 0.322 e. The van der Waals surface area contributed by atoms with Crippen molar-refractivity contribution in [1.29, 1.82) is 0 Å². The molecule has 6 aliphatic rings. The third kappa shape index (κ3) is 6.37. The van der Waals surface area contributed by atoms with E-state index < -0.39 is 40.0 Å². The molecule has 12 heteroatoms. The number of carbonyl (C=O) groups is 2. The van der Waals surface area contributed by atoms with Crippen molar-refractivity contribution < 1.29 is 38.4 Å². The van der Waals surface area contributed by atoms with Gasteiger partial charge in [0.15, 0.2) is 0 Å². The zero-order valence-electron chi connectivity index (χ0n) is 38.9. The fourth-order valence-corrected chi connectivity index (χ4v) is 14.0. The van der Waals surface area contributed by atoms with Crippen LogP contribution in [0.3, 0.4) is 0 Å². The number of aromatic nitrogens is 1. The number of benzene rings is 3. The first-order valence-corrected chi connectivity index (χ1v) is 23.5. The summed E-state index contributed by atoms with van der Waals surface area (Å²) in [5.74, 6) is 0.573. The number of ether oxygens (including phenoxy) is 5. The van der Waals surface area contributed by atoms with Gasteiger partial charge in [0.1, 0.15) is 28.6 Å². The molecular weight excluding hydrogens is 821 g/mol. The molecule has 1 aromatic heterocycles. The summed E-state index contributed by atoms with van der Waals surface area (Å²) in [6.07, 6.45) is 9.37. The van der Waals surface area contributed by atoms with Crippen molar-refractivity contribution in [2.24, 2.45) is 11.3 Å². The Bertz CT molecular complexity index is 2570. The maximum Gasteiger partial charge on any atom is 0.322 e. The fourth-order valence-electron chi connectivity index (χ4n) is 14.0. The van der Waals surface area contributed by atoms with Crippen molar-refractivity contribution in [3.63, 3.8) is 0 Å². The van der Waals surface area contributed by atoms with E-state index in [9.17, 15) is 9.90 Å². The summed E-state index contributed by atoms with van der Waals surface area (Å²) in [5, 5.41) is 15.0. The Morgan fingerprint density at radius 1 is 0.969 bits per heavy atom. The summed E-state index contributed by atoms with van der Waals surface area (Å²) in [4.78, 5) is 39.9. The number of esters is 2. The van der Waals surface area contributed by atoms with E-state index in [1.54, 1.807) is 14.2 Å². The molecule has 2 bridgehead atoms. The number of rotatable bonds is 11. The van der Waals surface area contributed by atoms with Crippen molar-refractivity contribution in [2.75, 3.05) is 72.6 Å². The Morgan fingerprint density at radius 3 is 2.49 bits per heavy atom. The zero-order chi connectivity index (χ0) is 45.5. The first kappa shape index (κ1) is 43.7. The van der Waals surface area contributed by atoms with Crippen LogP contribution < -0.4 is 14.4 Å². The first-order chi connectivity index (χ1) is 31.4. The van der Waals surface area contributed by atoms with E-state index in [4.69, 9.17) is 23.7 Å². The van der Waals surface area contributed by atoms with E-state index in [0.717, 1.165) is 102 Å². The minimum absolute atomic E-state index is 0.0482. The van der Waals surface area contributed by atoms with Gasteiger partial charge in [0.2, 0.25) is 0 Å². The van der Waals surface area contributed by atoms with Gasteiger partial charge in [-0.25, -0.2) is 0 Å². The van der Waals surface area contributed by atoms with Gasteiger partial charge in [-0.15, -0.1) is 0 Å². The molecule has 1 aliphatic carbocycles. The van der Waals surface area contributed by atoms with Gasteiger partial charge in [-0.3, -0.25) is 19.4 Å². The molecule has 1 spiro atoms. The van der Waals surface area contributed by atoms with E-state index in [0.29, 0.717) is 18.6 Å². The molecule has 65 heavy (non-hydrogen) atoms. The number of nitrogens with one attached hydrogen (secondary N) is 1. The summed E-state index contributed by atoms with van der Waals surface area (Å²) < 4.78 is 31.0. The Labute approximate surface area is 382 Å². The highest BCUT2D eigenvalue weighted by atomic mass is 16.6. The number of para-hydroxylation sites is 1. The molecule has 12 nitrogen and oxygen atoms in total. The molecule has 1 saturated heterocycles. The summed E-state index contributed by atoms with van der Waals surface area (Å²) in [6.45, 7) is 10.0. The number of hydrogen-bond donors (Lipinski definition) is 2. The molecule has 10 rings (SSSR count). The van der Waals surface area contributed by atoms with Crippen LogP contribution in [0.1, 0.15) is 74.4 Å². The number of aromatic amines is 1. The van der Waals surface area contributed by atoms with Crippen molar-refractivity contribution in [3.8, 4) is 11.5 Å². The van der Waals surface area contributed by atoms with Gasteiger partial charge in [-0.1, -0.05) is 68.0 Å². The van der Waals surface area contributed by atoms with Gasteiger partial charge in [0.05, 0.1) is 40.6 Å². The SMILES string of the molecule is CCC1=C[C@@H]2CN(CCc3c([nH]c4ccccc34)[C@@](C(=O)OC)(c3cc4c(cc3OC)N(C)[C@H]3[C@@](O)(COCc5ccc(OC)cc5)[C@H](OC(C)=O)[C@]5(CC)C=CCN6CC[C@]43C65)C2)C1. The Morgan fingerprint density at radius 2 is 1.77 bits per heavy atom. The van der Waals surface area contributed by atoms with Crippen molar-refractivity contribution in [1.82, 2.24) is 14.8 Å². The molecule has 6 heterocycles.